The molecule has 0 aliphatic carbocycles. The van der Waals surface area contributed by atoms with Crippen molar-refractivity contribution in [3.63, 3.8) is 0 Å². The predicted octanol–water partition coefficient (Wildman–Crippen LogP) is 5.62. The van der Waals surface area contributed by atoms with E-state index in [1.807, 2.05) is 0 Å². The quantitative estimate of drug-likeness (QED) is 0.341. The number of nitrogens with zero attached hydrogens (tertiary/aromatic N) is 1. The van der Waals surface area contributed by atoms with E-state index in [2.05, 4.69) is 10.0 Å². The van der Waals surface area contributed by atoms with Gasteiger partial charge in [-0.2, -0.15) is 4.31 Å². The number of hydrogen-bond acceptors (Lipinski definition) is 6. The van der Waals surface area contributed by atoms with E-state index in [0.717, 1.165) is 25.7 Å². The van der Waals surface area contributed by atoms with Crippen LogP contribution in [0.3, 0.4) is 0 Å². The first-order valence-corrected chi connectivity index (χ1v) is 15.8. The predicted molar refractivity (Wildman–Crippen MR) is 152 cm³/mol. The minimum atomic E-state index is -3.97. The fourth-order valence-electron chi connectivity index (χ4n) is 4.15. The summed E-state index contributed by atoms with van der Waals surface area (Å²) in [7, 11) is -6.38. The number of rotatable bonds is 8. The number of carbonyl (C=O) groups is 1. The van der Waals surface area contributed by atoms with Gasteiger partial charge in [0.05, 0.1) is 33.2 Å². The molecule has 1 saturated heterocycles. The number of amides is 1. The zero-order valence-electron chi connectivity index (χ0n) is 21.0. The largest absolute Gasteiger partial charge is 0.496 e. The van der Waals surface area contributed by atoms with Crippen molar-refractivity contribution in [2.75, 3.05) is 30.2 Å². The summed E-state index contributed by atoms with van der Waals surface area (Å²) < 4.78 is 61.2. The van der Waals surface area contributed by atoms with E-state index >= 15 is 0 Å². The second-order valence-electron chi connectivity index (χ2n) is 8.89. The lowest BCUT2D eigenvalue weighted by Crippen LogP contribution is -2.32. The van der Waals surface area contributed by atoms with E-state index in [1.54, 1.807) is 0 Å². The topological polar surface area (TPSA) is 122 Å². The lowest BCUT2D eigenvalue weighted by Gasteiger charge is -2.20. The Bertz CT molecular complexity index is 1570. The zero-order valence-corrected chi connectivity index (χ0v) is 24.1. The summed E-state index contributed by atoms with van der Waals surface area (Å²) in [5.41, 5.74) is 0.496. The highest BCUT2D eigenvalue weighted by molar-refractivity contribution is 7.92. The molecule has 0 atom stereocenters. The molecule has 1 fully saturated rings. The van der Waals surface area contributed by atoms with Crippen LogP contribution in [0.25, 0.3) is 0 Å². The Hall–Kier alpha value is -2.83. The van der Waals surface area contributed by atoms with Crippen molar-refractivity contribution in [3.05, 3.63) is 76.3 Å². The van der Waals surface area contributed by atoms with Crippen molar-refractivity contribution in [2.24, 2.45) is 0 Å². The summed E-state index contributed by atoms with van der Waals surface area (Å²) in [5, 5.41) is 3.17. The van der Waals surface area contributed by atoms with Gasteiger partial charge >= 0.3 is 0 Å². The molecule has 13 heteroatoms. The van der Waals surface area contributed by atoms with Crippen LogP contribution in [0.5, 0.6) is 5.75 Å². The molecule has 0 bridgehead atoms. The van der Waals surface area contributed by atoms with Crippen LogP contribution >= 0.6 is 23.2 Å². The van der Waals surface area contributed by atoms with Gasteiger partial charge in [-0.25, -0.2) is 16.8 Å². The van der Waals surface area contributed by atoms with Gasteiger partial charge in [0.15, 0.2) is 0 Å². The first-order chi connectivity index (χ1) is 18.5. The Labute approximate surface area is 238 Å². The van der Waals surface area contributed by atoms with Crippen LogP contribution in [0.2, 0.25) is 10.0 Å². The summed E-state index contributed by atoms with van der Waals surface area (Å²) in [6, 6.07) is 14.0. The maximum Gasteiger partial charge on any atom is 0.261 e. The molecule has 3 aromatic rings. The van der Waals surface area contributed by atoms with Crippen LogP contribution in [-0.2, 0) is 20.0 Å². The minimum Gasteiger partial charge on any atom is -0.496 e. The summed E-state index contributed by atoms with van der Waals surface area (Å²) in [5.74, 6) is -0.410. The number of sulfonamides is 2. The minimum absolute atomic E-state index is 0.00345. The van der Waals surface area contributed by atoms with Crippen molar-refractivity contribution >= 4 is 60.5 Å². The molecule has 1 heterocycles. The Morgan fingerprint density at radius 1 is 0.846 bits per heavy atom. The van der Waals surface area contributed by atoms with Crippen molar-refractivity contribution in [2.45, 2.75) is 35.5 Å². The second kappa shape index (κ2) is 12.1. The third-order valence-corrected chi connectivity index (χ3v) is 10.0. The first-order valence-electron chi connectivity index (χ1n) is 12.1. The summed E-state index contributed by atoms with van der Waals surface area (Å²) in [6.45, 7) is 0.870. The number of methoxy groups -OCH3 is 1. The van der Waals surface area contributed by atoms with Crippen LogP contribution in [0, 0.1) is 0 Å². The Kier molecular flexibility index (Phi) is 9.07. The van der Waals surface area contributed by atoms with Crippen LogP contribution in [0.1, 0.15) is 36.0 Å². The van der Waals surface area contributed by atoms with Gasteiger partial charge < -0.3 is 10.1 Å². The average molecular weight is 613 g/mol. The molecule has 4 rings (SSSR count). The number of ether oxygens (including phenoxy) is 1. The second-order valence-corrected chi connectivity index (χ2v) is 13.4. The van der Waals surface area contributed by atoms with E-state index < -0.39 is 26.0 Å². The van der Waals surface area contributed by atoms with Gasteiger partial charge in [0.2, 0.25) is 10.0 Å². The Balaban J connectivity index is 1.53. The standard InChI is InChI=1S/C26H27Cl2N3O6S2/c1-37-25-13-11-21(39(35,36)31-14-4-2-3-5-15-31)17-22(25)26(32)29-19-7-9-20(10-8-19)38(33,34)30-24-12-6-18(27)16-23(24)28/h6-13,16-17,30H,2-5,14-15H2,1H3,(H,29,32). The van der Waals surface area contributed by atoms with Gasteiger partial charge in [0.25, 0.3) is 15.9 Å². The maximum absolute atomic E-state index is 13.2. The molecule has 3 aromatic carbocycles. The smallest absolute Gasteiger partial charge is 0.261 e. The summed E-state index contributed by atoms with van der Waals surface area (Å²) in [4.78, 5) is 13.1. The molecule has 208 valence electrons. The highest BCUT2D eigenvalue weighted by atomic mass is 35.5. The number of anilines is 2. The third-order valence-electron chi connectivity index (χ3n) is 6.22. The van der Waals surface area contributed by atoms with Crippen LogP contribution in [-0.4, -0.2) is 47.2 Å². The van der Waals surface area contributed by atoms with Gasteiger partial charge in [0, 0.05) is 23.8 Å². The molecule has 1 amide bonds. The van der Waals surface area contributed by atoms with E-state index in [-0.39, 0.29) is 31.8 Å². The highest BCUT2D eigenvalue weighted by Crippen LogP contribution is 2.29. The molecule has 0 saturated carbocycles. The van der Waals surface area contributed by atoms with Gasteiger partial charge in [-0.1, -0.05) is 36.0 Å². The molecule has 39 heavy (non-hydrogen) atoms. The SMILES string of the molecule is COc1ccc(S(=O)(=O)N2CCCCCC2)cc1C(=O)Nc1ccc(S(=O)(=O)Nc2ccc(Cl)cc2Cl)cc1. The summed E-state index contributed by atoms with van der Waals surface area (Å²) in [6.07, 6.45) is 3.54. The van der Waals surface area contributed by atoms with Crippen LogP contribution < -0.4 is 14.8 Å². The number of halogens is 2. The molecule has 2 N–H and O–H groups in total. The molecule has 9 nitrogen and oxygen atoms in total. The van der Waals surface area contributed by atoms with Crippen molar-refractivity contribution in [1.29, 1.82) is 0 Å². The third kappa shape index (κ3) is 6.85. The lowest BCUT2D eigenvalue weighted by molar-refractivity contribution is 0.102. The Morgan fingerprint density at radius 2 is 1.49 bits per heavy atom. The molecule has 0 radical (unpaired) electrons. The highest BCUT2D eigenvalue weighted by Gasteiger charge is 2.27. The van der Waals surface area contributed by atoms with Crippen molar-refractivity contribution in [1.82, 2.24) is 4.31 Å². The monoisotopic (exact) mass is 611 g/mol. The van der Waals surface area contributed by atoms with Crippen LogP contribution in [0.4, 0.5) is 11.4 Å². The van der Waals surface area contributed by atoms with E-state index in [9.17, 15) is 21.6 Å². The number of hydrogen-bond donors (Lipinski definition) is 2. The number of benzene rings is 3. The van der Waals surface area contributed by atoms with Crippen LogP contribution in [0.15, 0.2) is 70.5 Å². The molecule has 0 aromatic heterocycles. The van der Waals surface area contributed by atoms with Gasteiger partial charge in [0.1, 0.15) is 5.75 Å². The Morgan fingerprint density at radius 3 is 2.10 bits per heavy atom. The molecule has 0 unspecified atom stereocenters. The summed E-state index contributed by atoms with van der Waals surface area (Å²) >= 11 is 11.9. The van der Waals surface area contributed by atoms with Gasteiger partial charge in [-0.05, 0) is 73.5 Å². The molecule has 0 spiro atoms. The first kappa shape index (κ1) is 29.2. The fourth-order valence-corrected chi connectivity index (χ4v) is 7.28. The normalized spacial score (nSPS) is 14.8. The van der Waals surface area contributed by atoms with E-state index in [0.29, 0.717) is 23.8 Å². The van der Waals surface area contributed by atoms with Crippen molar-refractivity contribution < 1.29 is 26.4 Å². The van der Waals surface area contributed by atoms with Gasteiger partial charge in [-0.15, -0.1) is 0 Å². The molecular formula is C26H27Cl2N3O6S2. The molecule has 1 aliphatic heterocycles. The van der Waals surface area contributed by atoms with Crippen molar-refractivity contribution in [3.8, 4) is 5.75 Å². The molecule has 1 aliphatic rings. The van der Waals surface area contributed by atoms with Gasteiger partial charge in [-0.3, -0.25) is 9.52 Å². The lowest BCUT2D eigenvalue weighted by atomic mass is 10.2. The number of nitrogens with one attached hydrogen (secondary N) is 2. The zero-order chi connectivity index (χ0) is 28.2. The number of carbonyl (C=O) groups excluding carboxylic acids is 1. The maximum atomic E-state index is 13.2. The van der Waals surface area contributed by atoms with E-state index in [4.69, 9.17) is 27.9 Å². The van der Waals surface area contributed by atoms with E-state index in [1.165, 1.54) is 72.1 Å². The molecular weight excluding hydrogens is 585 g/mol. The average Bonchev–Trinajstić information content (AvgIpc) is 3.20. The fraction of sp³-hybridized carbons (Fsp3) is 0.269.